The molecule has 0 saturated carbocycles. The van der Waals surface area contributed by atoms with Gasteiger partial charge in [-0.2, -0.15) is 0 Å². The van der Waals surface area contributed by atoms with E-state index in [4.69, 9.17) is 19.3 Å². The smallest absolute Gasteiger partial charge is 0.338 e. The second-order valence-corrected chi connectivity index (χ2v) is 4.20. The zero-order valence-corrected chi connectivity index (χ0v) is 11.7. The van der Waals surface area contributed by atoms with E-state index in [0.717, 1.165) is 0 Å². The molecule has 6 nitrogen and oxygen atoms in total. The molecule has 0 saturated heterocycles. The summed E-state index contributed by atoms with van der Waals surface area (Å²) in [6.07, 6.45) is -0.565. The molecule has 2 atom stereocenters. The second kappa shape index (κ2) is 7.62. The van der Waals surface area contributed by atoms with Gasteiger partial charge in [-0.1, -0.05) is 0 Å². The van der Waals surface area contributed by atoms with Crippen LogP contribution in [0.2, 0.25) is 0 Å². The molecule has 0 unspecified atom stereocenters. The van der Waals surface area contributed by atoms with E-state index >= 15 is 0 Å². The Bertz CT molecular complexity index is 453. The SMILES string of the molecule is CO[C@H](C)[C@@H](COC(=O)c1ccc(C(=O)O)cc1)OC. The number of carboxylic acids is 1. The molecule has 110 valence electrons. The highest BCUT2D eigenvalue weighted by molar-refractivity contribution is 5.92. The van der Waals surface area contributed by atoms with Crippen molar-refractivity contribution < 1.29 is 28.9 Å². The largest absolute Gasteiger partial charge is 0.478 e. The zero-order valence-electron chi connectivity index (χ0n) is 11.7. The summed E-state index contributed by atoms with van der Waals surface area (Å²) in [4.78, 5) is 22.5. The number of hydrogen-bond acceptors (Lipinski definition) is 5. The van der Waals surface area contributed by atoms with Crippen molar-refractivity contribution in [2.24, 2.45) is 0 Å². The summed E-state index contributed by atoms with van der Waals surface area (Å²) in [5, 5.41) is 8.76. The van der Waals surface area contributed by atoms with Crippen LogP contribution >= 0.6 is 0 Å². The van der Waals surface area contributed by atoms with Gasteiger partial charge in [0.25, 0.3) is 0 Å². The summed E-state index contributed by atoms with van der Waals surface area (Å²) in [6, 6.07) is 5.52. The molecule has 1 rings (SSSR count). The fourth-order valence-corrected chi connectivity index (χ4v) is 1.54. The summed E-state index contributed by atoms with van der Waals surface area (Å²) in [5.74, 6) is -1.58. The third kappa shape index (κ3) is 4.32. The highest BCUT2D eigenvalue weighted by atomic mass is 16.6. The lowest BCUT2D eigenvalue weighted by Crippen LogP contribution is -2.32. The van der Waals surface area contributed by atoms with Crippen molar-refractivity contribution >= 4 is 11.9 Å². The fourth-order valence-electron chi connectivity index (χ4n) is 1.54. The number of rotatable bonds is 7. The molecule has 0 bridgehead atoms. The summed E-state index contributed by atoms with van der Waals surface area (Å²) >= 11 is 0. The molecular formula is C14H18O6. The molecule has 0 fully saturated rings. The van der Waals surface area contributed by atoms with Gasteiger partial charge < -0.3 is 19.3 Å². The van der Waals surface area contributed by atoms with Crippen molar-refractivity contribution in [2.45, 2.75) is 19.1 Å². The van der Waals surface area contributed by atoms with Crippen LogP contribution in [-0.4, -0.2) is 50.1 Å². The molecular weight excluding hydrogens is 264 g/mol. The summed E-state index contributed by atoms with van der Waals surface area (Å²) in [5.41, 5.74) is 0.402. The number of carbonyl (C=O) groups excluding carboxylic acids is 1. The number of benzene rings is 1. The maximum Gasteiger partial charge on any atom is 0.338 e. The highest BCUT2D eigenvalue weighted by Gasteiger charge is 2.19. The minimum atomic E-state index is -1.04. The molecule has 1 aromatic rings. The molecule has 0 aliphatic heterocycles. The van der Waals surface area contributed by atoms with Crippen LogP contribution in [0.1, 0.15) is 27.6 Å². The molecule has 0 spiro atoms. The second-order valence-electron chi connectivity index (χ2n) is 4.20. The van der Waals surface area contributed by atoms with Crippen LogP contribution in [0.15, 0.2) is 24.3 Å². The molecule has 0 aliphatic carbocycles. The van der Waals surface area contributed by atoms with E-state index in [0.29, 0.717) is 0 Å². The van der Waals surface area contributed by atoms with E-state index in [1.54, 1.807) is 7.11 Å². The third-order valence-electron chi connectivity index (χ3n) is 2.94. The van der Waals surface area contributed by atoms with Gasteiger partial charge >= 0.3 is 11.9 Å². The van der Waals surface area contributed by atoms with Crippen LogP contribution in [-0.2, 0) is 14.2 Å². The average Bonchev–Trinajstić information content (AvgIpc) is 2.47. The Morgan fingerprint density at radius 1 is 1.10 bits per heavy atom. The monoisotopic (exact) mass is 282 g/mol. The van der Waals surface area contributed by atoms with Crippen molar-refractivity contribution in [3.8, 4) is 0 Å². The molecule has 0 aliphatic rings. The predicted octanol–water partition coefficient (Wildman–Crippen LogP) is 1.59. The predicted molar refractivity (Wildman–Crippen MR) is 71.0 cm³/mol. The van der Waals surface area contributed by atoms with E-state index in [2.05, 4.69) is 0 Å². The molecule has 1 aromatic carbocycles. The molecule has 1 N–H and O–H groups in total. The first kappa shape index (κ1) is 16.1. The number of carbonyl (C=O) groups is 2. The van der Waals surface area contributed by atoms with Crippen molar-refractivity contribution in [3.05, 3.63) is 35.4 Å². The van der Waals surface area contributed by atoms with Crippen LogP contribution < -0.4 is 0 Å². The minimum Gasteiger partial charge on any atom is -0.478 e. The Balaban J connectivity index is 2.60. The van der Waals surface area contributed by atoms with Gasteiger partial charge in [-0.15, -0.1) is 0 Å². The van der Waals surface area contributed by atoms with Gasteiger partial charge in [0, 0.05) is 14.2 Å². The van der Waals surface area contributed by atoms with Gasteiger partial charge in [0.15, 0.2) is 0 Å². The van der Waals surface area contributed by atoms with Crippen molar-refractivity contribution in [2.75, 3.05) is 20.8 Å². The van der Waals surface area contributed by atoms with Gasteiger partial charge in [-0.25, -0.2) is 9.59 Å². The first-order valence-electron chi connectivity index (χ1n) is 6.05. The van der Waals surface area contributed by atoms with E-state index < -0.39 is 11.9 Å². The van der Waals surface area contributed by atoms with Crippen LogP contribution in [0.25, 0.3) is 0 Å². The van der Waals surface area contributed by atoms with Gasteiger partial charge in [0.2, 0.25) is 0 Å². The summed E-state index contributed by atoms with van der Waals surface area (Å²) in [6.45, 7) is 1.87. The highest BCUT2D eigenvalue weighted by Crippen LogP contribution is 2.08. The minimum absolute atomic E-state index is 0.0605. The lowest BCUT2D eigenvalue weighted by molar-refractivity contribution is -0.0578. The number of hydrogen-bond donors (Lipinski definition) is 1. The standard InChI is InChI=1S/C14H18O6/c1-9(18-2)12(19-3)8-20-14(17)11-6-4-10(5-7-11)13(15)16/h4-7,9,12H,8H2,1-3H3,(H,15,16)/t9-,12-/m1/s1. The summed E-state index contributed by atoms with van der Waals surface area (Å²) < 4.78 is 15.4. The van der Waals surface area contributed by atoms with Gasteiger partial charge in [-0.3, -0.25) is 0 Å². The van der Waals surface area contributed by atoms with Crippen LogP contribution in [0.3, 0.4) is 0 Å². The maximum absolute atomic E-state index is 11.8. The van der Waals surface area contributed by atoms with Crippen LogP contribution in [0, 0.1) is 0 Å². The first-order chi connectivity index (χ1) is 9.49. The number of aromatic carboxylic acids is 1. The van der Waals surface area contributed by atoms with E-state index in [1.165, 1.54) is 31.4 Å². The Morgan fingerprint density at radius 2 is 1.65 bits per heavy atom. The number of carboxylic acid groups (broad SMARTS) is 1. The van der Waals surface area contributed by atoms with Gasteiger partial charge in [0.05, 0.1) is 17.2 Å². The Kier molecular flexibility index (Phi) is 6.14. The van der Waals surface area contributed by atoms with Crippen molar-refractivity contribution in [1.82, 2.24) is 0 Å². The van der Waals surface area contributed by atoms with E-state index in [9.17, 15) is 9.59 Å². The average molecular weight is 282 g/mol. The van der Waals surface area contributed by atoms with E-state index in [-0.39, 0.29) is 29.9 Å². The van der Waals surface area contributed by atoms with Crippen molar-refractivity contribution in [1.29, 1.82) is 0 Å². The lowest BCUT2D eigenvalue weighted by Gasteiger charge is -2.20. The quantitative estimate of drug-likeness (QED) is 0.765. The van der Waals surface area contributed by atoms with Gasteiger partial charge in [0.1, 0.15) is 12.7 Å². The fraction of sp³-hybridized carbons (Fsp3) is 0.429. The zero-order chi connectivity index (χ0) is 15.1. The van der Waals surface area contributed by atoms with Gasteiger partial charge in [-0.05, 0) is 31.2 Å². The summed E-state index contributed by atoms with van der Waals surface area (Å²) in [7, 11) is 3.05. The molecule has 6 heteroatoms. The van der Waals surface area contributed by atoms with Crippen molar-refractivity contribution in [3.63, 3.8) is 0 Å². The number of methoxy groups -OCH3 is 2. The number of ether oxygens (including phenoxy) is 3. The Morgan fingerprint density at radius 3 is 2.10 bits per heavy atom. The number of esters is 1. The molecule has 0 radical (unpaired) electrons. The third-order valence-corrected chi connectivity index (χ3v) is 2.94. The topological polar surface area (TPSA) is 82.1 Å². The lowest BCUT2D eigenvalue weighted by atomic mass is 10.1. The molecule has 20 heavy (non-hydrogen) atoms. The molecule has 0 aromatic heterocycles. The van der Waals surface area contributed by atoms with Crippen LogP contribution in [0.5, 0.6) is 0 Å². The molecule has 0 amide bonds. The van der Waals surface area contributed by atoms with E-state index in [1.807, 2.05) is 6.92 Å². The Hall–Kier alpha value is -1.92. The first-order valence-corrected chi connectivity index (χ1v) is 6.05. The van der Waals surface area contributed by atoms with Crippen LogP contribution in [0.4, 0.5) is 0 Å². The maximum atomic E-state index is 11.8. The molecule has 0 heterocycles. The Labute approximate surface area is 117 Å². The normalized spacial score (nSPS) is 13.6.